The van der Waals surface area contributed by atoms with Gasteiger partial charge in [-0.2, -0.15) is 0 Å². The molecule has 0 spiro atoms. The molecule has 1 fully saturated rings. The third-order valence-corrected chi connectivity index (χ3v) is 5.26. The summed E-state index contributed by atoms with van der Waals surface area (Å²) in [5.74, 6) is 0.727. The van der Waals surface area contributed by atoms with E-state index in [0.717, 1.165) is 19.5 Å². The molecule has 2 rings (SSSR count). The number of benzene rings is 1. The van der Waals surface area contributed by atoms with E-state index in [9.17, 15) is 4.79 Å². The molecule has 0 aromatic heterocycles. The molecule has 1 aromatic rings. The lowest BCUT2D eigenvalue weighted by molar-refractivity contribution is -0.122. The zero-order valence-corrected chi connectivity index (χ0v) is 16.1. The van der Waals surface area contributed by atoms with Crippen molar-refractivity contribution in [2.75, 3.05) is 26.2 Å². The molecule has 1 saturated carbocycles. The molecular weight excluding hydrogens is 312 g/mol. The van der Waals surface area contributed by atoms with Gasteiger partial charge in [-0.1, -0.05) is 51.0 Å². The largest absolute Gasteiger partial charge is 0.376 e. The molecule has 1 aliphatic rings. The first kappa shape index (κ1) is 19.9. The van der Waals surface area contributed by atoms with Crippen LogP contribution < -0.4 is 5.32 Å². The summed E-state index contributed by atoms with van der Waals surface area (Å²) in [7, 11) is 0. The highest BCUT2D eigenvalue weighted by Crippen LogP contribution is 2.25. The number of carbonyl (C=O) groups is 1. The predicted molar refractivity (Wildman–Crippen MR) is 103 cm³/mol. The van der Waals surface area contributed by atoms with Gasteiger partial charge in [0.25, 0.3) is 0 Å². The Balaban J connectivity index is 1.67. The molecule has 1 amide bonds. The number of aryl methyl sites for hydroxylation is 1. The highest BCUT2D eigenvalue weighted by molar-refractivity contribution is 5.77. The van der Waals surface area contributed by atoms with Crippen LogP contribution in [0.2, 0.25) is 0 Å². The third-order valence-electron chi connectivity index (χ3n) is 5.26. The fourth-order valence-electron chi connectivity index (χ4n) is 3.50. The zero-order valence-electron chi connectivity index (χ0n) is 16.1. The zero-order chi connectivity index (χ0) is 18.1. The molecule has 2 atom stereocenters. The monoisotopic (exact) mass is 346 g/mol. The molecule has 4 nitrogen and oxygen atoms in total. The molecule has 4 heteroatoms. The van der Waals surface area contributed by atoms with Crippen LogP contribution in [-0.4, -0.2) is 43.2 Å². The van der Waals surface area contributed by atoms with Crippen LogP contribution in [0.1, 0.15) is 50.7 Å². The van der Waals surface area contributed by atoms with Crippen LogP contribution in [0.5, 0.6) is 0 Å². The fourth-order valence-corrected chi connectivity index (χ4v) is 3.50. The van der Waals surface area contributed by atoms with E-state index < -0.39 is 0 Å². The molecule has 0 aliphatic heterocycles. The Labute approximate surface area is 152 Å². The number of ether oxygens (including phenoxy) is 1. The van der Waals surface area contributed by atoms with Crippen molar-refractivity contribution in [3.63, 3.8) is 0 Å². The van der Waals surface area contributed by atoms with Gasteiger partial charge in [-0.3, -0.25) is 9.69 Å². The van der Waals surface area contributed by atoms with Gasteiger partial charge >= 0.3 is 0 Å². The van der Waals surface area contributed by atoms with Gasteiger partial charge in [-0.15, -0.1) is 0 Å². The summed E-state index contributed by atoms with van der Waals surface area (Å²) < 4.78 is 5.96. The summed E-state index contributed by atoms with van der Waals surface area (Å²) in [6.07, 6.45) is 5.40. The van der Waals surface area contributed by atoms with Gasteiger partial charge in [-0.25, -0.2) is 0 Å². The summed E-state index contributed by atoms with van der Waals surface area (Å²) in [5, 5.41) is 3.00. The average Bonchev–Trinajstić information content (AvgIpc) is 2.61. The Kier molecular flexibility index (Phi) is 8.42. The van der Waals surface area contributed by atoms with Crippen molar-refractivity contribution in [2.45, 2.75) is 59.1 Å². The molecule has 0 bridgehead atoms. The molecule has 0 radical (unpaired) electrons. The summed E-state index contributed by atoms with van der Waals surface area (Å²) >= 11 is 0. The molecule has 140 valence electrons. The van der Waals surface area contributed by atoms with Crippen LogP contribution in [0, 0.1) is 12.8 Å². The van der Waals surface area contributed by atoms with Crippen molar-refractivity contribution in [1.29, 1.82) is 0 Å². The molecule has 1 aromatic carbocycles. The molecule has 2 unspecified atom stereocenters. The molecule has 0 saturated heterocycles. The Morgan fingerprint density at radius 3 is 2.76 bits per heavy atom. The lowest BCUT2D eigenvalue weighted by Crippen LogP contribution is -2.39. The van der Waals surface area contributed by atoms with Crippen molar-refractivity contribution in [3.8, 4) is 0 Å². The summed E-state index contributed by atoms with van der Waals surface area (Å²) in [6.45, 7) is 9.81. The van der Waals surface area contributed by atoms with Crippen molar-refractivity contribution in [1.82, 2.24) is 10.2 Å². The normalized spacial score (nSPS) is 20.6. The van der Waals surface area contributed by atoms with Crippen molar-refractivity contribution in [2.24, 2.45) is 5.92 Å². The van der Waals surface area contributed by atoms with Crippen LogP contribution in [0.15, 0.2) is 24.3 Å². The van der Waals surface area contributed by atoms with Gasteiger partial charge in [0, 0.05) is 13.1 Å². The molecular formula is C21H34N2O2. The Hall–Kier alpha value is -1.39. The van der Waals surface area contributed by atoms with Gasteiger partial charge in [0.2, 0.25) is 5.91 Å². The maximum atomic E-state index is 12.2. The average molecular weight is 347 g/mol. The Bertz CT molecular complexity index is 532. The third kappa shape index (κ3) is 6.79. The van der Waals surface area contributed by atoms with Crippen LogP contribution >= 0.6 is 0 Å². The lowest BCUT2D eigenvalue weighted by Gasteiger charge is -2.28. The first-order valence-electron chi connectivity index (χ1n) is 9.75. The predicted octanol–water partition coefficient (Wildman–Crippen LogP) is 3.53. The van der Waals surface area contributed by atoms with Gasteiger partial charge in [-0.05, 0) is 43.4 Å². The van der Waals surface area contributed by atoms with Gasteiger partial charge in [0.05, 0.1) is 19.3 Å². The minimum atomic E-state index is 0.0794. The molecule has 25 heavy (non-hydrogen) atoms. The number of hydrogen-bond donors (Lipinski definition) is 1. The number of hydrogen-bond acceptors (Lipinski definition) is 3. The Morgan fingerprint density at radius 2 is 2.04 bits per heavy atom. The van der Waals surface area contributed by atoms with Crippen molar-refractivity contribution >= 4 is 5.91 Å². The van der Waals surface area contributed by atoms with Crippen molar-refractivity contribution in [3.05, 3.63) is 35.4 Å². The quantitative estimate of drug-likeness (QED) is 0.696. The van der Waals surface area contributed by atoms with Crippen LogP contribution in [0.4, 0.5) is 0 Å². The maximum Gasteiger partial charge on any atom is 0.234 e. The molecule has 1 aliphatic carbocycles. The second-order valence-corrected chi connectivity index (χ2v) is 7.25. The van der Waals surface area contributed by atoms with E-state index in [4.69, 9.17) is 4.74 Å². The number of amides is 1. The van der Waals surface area contributed by atoms with E-state index in [1.165, 1.54) is 30.4 Å². The smallest absolute Gasteiger partial charge is 0.234 e. The minimum absolute atomic E-state index is 0.0794. The van der Waals surface area contributed by atoms with E-state index in [1.54, 1.807) is 0 Å². The minimum Gasteiger partial charge on any atom is -0.376 e. The SMILES string of the molecule is CCN(CC(=O)NCCOC1CCCCC1C)Cc1ccccc1C. The second kappa shape index (κ2) is 10.6. The van der Waals surface area contributed by atoms with Gasteiger partial charge < -0.3 is 10.1 Å². The topological polar surface area (TPSA) is 41.6 Å². The molecule has 1 N–H and O–H groups in total. The maximum absolute atomic E-state index is 12.2. The number of rotatable bonds is 9. The lowest BCUT2D eigenvalue weighted by atomic mass is 9.88. The fraction of sp³-hybridized carbons (Fsp3) is 0.667. The number of nitrogens with one attached hydrogen (secondary N) is 1. The van der Waals surface area contributed by atoms with Crippen LogP contribution in [-0.2, 0) is 16.1 Å². The molecule has 0 heterocycles. The summed E-state index contributed by atoms with van der Waals surface area (Å²) in [4.78, 5) is 14.4. The van der Waals surface area contributed by atoms with E-state index in [1.807, 2.05) is 0 Å². The first-order chi connectivity index (χ1) is 12.1. The first-order valence-corrected chi connectivity index (χ1v) is 9.75. The van der Waals surface area contributed by atoms with Crippen molar-refractivity contribution < 1.29 is 9.53 Å². The standard InChI is InChI=1S/C21H34N2O2/c1-4-23(15-19-11-7-5-9-17(19)2)16-21(24)22-13-14-25-20-12-8-6-10-18(20)3/h5,7,9,11,18,20H,4,6,8,10,12-16H2,1-3H3,(H,22,24). The summed E-state index contributed by atoms with van der Waals surface area (Å²) in [6, 6.07) is 8.36. The van der Waals surface area contributed by atoms with Gasteiger partial charge in [0.15, 0.2) is 0 Å². The highest BCUT2D eigenvalue weighted by Gasteiger charge is 2.21. The van der Waals surface area contributed by atoms with E-state index in [0.29, 0.717) is 31.7 Å². The van der Waals surface area contributed by atoms with E-state index in [-0.39, 0.29) is 5.91 Å². The van der Waals surface area contributed by atoms with Crippen LogP contribution in [0.25, 0.3) is 0 Å². The number of carbonyl (C=O) groups excluding carboxylic acids is 1. The van der Waals surface area contributed by atoms with E-state index in [2.05, 4.69) is 55.3 Å². The van der Waals surface area contributed by atoms with E-state index >= 15 is 0 Å². The Morgan fingerprint density at radius 1 is 1.28 bits per heavy atom. The number of likely N-dealkylation sites (N-methyl/N-ethyl adjacent to an activating group) is 1. The number of nitrogens with zero attached hydrogens (tertiary/aromatic N) is 1. The van der Waals surface area contributed by atoms with Crippen LogP contribution in [0.3, 0.4) is 0 Å². The summed E-state index contributed by atoms with van der Waals surface area (Å²) in [5.41, 5.74) is 2.56. The second-order valence-electron chi connectivity index (χ2n) is 7.25. The highest BCUT2D eigenvalue weighted by atomic mass is 16.5. The van der Waals surface area contributed by atoms with Gasteiger partial charge in [0.1, 0.15) is 0 Å².